The number of aryl methyl sites for hydroxylation is 1. The first-order chi connectivity index (χ1) is 12.5. The van der Waals surface area contributed by atoms with Crippen LogP contribution in [0.3, 0.4) is 0 Å². The molecular weight excluding hydrogens is 343 g/mol. The second kappa shape index (κ2) is 7.28. The van der Waals surface area contributed by atoms with E-state index in [1.807, 2.05) is 0 Å². The van der Waals surface area contributed by atoms with E-state index in [-0.39, 0.29) is 42.1 Å². The predicted molar refractivity (Wildman–Crippen MR) is 93.9 cm³/mol. The number of rotatable bonds is 6. The van der Waals surface area contributed by atoms with E-state index in [1.54, 1.807) is 10.6 Å². The highest BCUT2D eigenvalue weighted by Gasteiger charge is 2.22. The Morgan fingerprint density at radius 1 is 1.38 bits per heavy atom. The van der Waals surface area contributed by atoms with Crippen LogP contribution in [-0.4, -0.2) is 37.5 Å². The highest BCUT2D eigenvalue weighted by molar-refractivity contribution is 5.72. The lowest BCUT2D eigenvalue weighted by molar-refractivity contribution is 0.277. The summed E-state index contributed by atoms with van der Waals surface area (Å²) in [6.07, 6.45) is 5.42. The normalized spacial score (nSPS) is 16.9. The first-order valence-electron chi connectivity index (χ1n) is 8.36. The summed E-state index contributed by atoms with van der Waals surface area (Å²) in [7, 11) is 2.98. The van der Waals surface area contributed by atoms with Crippen molar-refractivity contribution in [3.05, 3.63) is 44.9 Å². The van der Waals surface area contributed by atoms with Gasteiger partial charge in [-0.15, -0.1) is 0 Å². The van der Waals surface area contributed by atoms with Crippen LogP contribution < -0.4 is 16.0 Å². The molecule has 2 aromatic rings. The second-order valence-electron chi connectivity index (χ2n) is 6.20. The van der Waals surface area contributed by atoms with Crippen molar-refractivity contribution >= 4 is 11.2 Å². The van der Waals surface area contributed by atoms with Crippen molar-refractivity contribution in [2.75, 3.05) is 13.7 Å². The molecule has 140 valence electrons. The maximum Gasteiger partial charge on any atom is 0.332 e. The zero-order valence-electron chi connectivity index (χ0n) is 14.7. The Balaban J connectivity index is 2.15. The molecule has 1 aliphatic rings. The Morgan fingerprint density at radius 3 is 2.77 bits per heavy atom. The second-order valence-corrected chi connectivity index (χ2v) is 6.20. The highest BCUT2D eigenvalue weighted by Crippen LogP contribution is 2.24. The minimum Gasteiger partial charge on any atom is -0.468 e. The van der Waals surface area contributed by atoms with E-state index >= 15 is 0 Å². The van der Waals surface area contributed by atoms with Crippen molar-refractivity contribution in [2.45, 2.75) is 25.9 Å². The van der Waals surface area contributed by atoms with Crippen molar-refractivity contribution in [2.24, 2.45) is 13.0 Å². The molecule has 0 aromatic carbocycles. The maximum absolute atomic E-state index is 13.2. The SMILES string of the molecule is COc1nc2c(c(=O)n(CCCO)c(=O)n2C)n1CC1C=CC(F)=CC1. The molecule has 0 amide bonds. The Hall–Kier alpha value is -2.68. The Kier molecular flexibility index (Phi) is 5.08. The van der Waals surface area contributed by atoms with Gasteiger partial charge in [0.25, 0.3) is 11.6 Å². The number of ether oxygens (including phenoxy) is 1. The fourth-order valence-electron chi connectivity index (χ4n) is 3.11. The quantitative estimate of drug-likeness (QED) is 0.815. The van der Waals surface area contributed by atoms with Gasteiger partial charge in [-0.05, 0) is 30.9 Å². The molecule has 1 unspecified atom stereocenters. The third kappa shape index (κ3) is 3.10. The lowest BCUT2D eigenvalue weighted by Gasteiger charge is -2.16. The number of fused-ring (bicyclic) bond motifs is 1. The largest absolute Gasteiger partial charge is 0.468 e. The van der Waals surface area contributed by atoms with Gasteiger partial charge in [0.1, 0.15) is 5.83 Å². The van der Waals surface area contributed by atoms with E-state index in [2.05, 4.69) is 4.98 Å². The molecule has 0 fully saturated rings. The Morgan fingerprint density at radius 2 is 2.15 bits per heavy atom. The molecule has 0 spiro atoms. The van der Waals surface area contributed by atoms with Gasteiger partial charge in [0.05, 0.1) is 7.11 Å². The van der Waals surface area contributed by atoms with E-state index < -0.39 is 11.2 Å². The molecule has 2 heterocycles. The van der Waals surface area contributed by atoms with E-state index in [9.17, 15) is 14.0 Å². The smallest absolute Gasteiger partial charge is 0.332 e. The van der Waals surface area contributed by atoms with Crippen molar-refractivity contribution in [3.63, 3.8) is 0 Å². The van der Waals surface area contributed by atoms with Crippen LogP contribution in [0.2, 0.25) is 0 Å². The zero-order valence-corrected chi connectivity index (χ0v) is 14.7. The van der Waals surface area contributed by atoms with Crippen LogP contribution in [0.1, 0.15) is 12.8 Å². The number of aromatic nitrogens is 4. The molecule has 1 atom stereocenters. The van der Waals surface area contributed by atoms with Crippen LogP contribution in [0.4, 0.5) is 4.39 Å². The number of hydrogen-bond donors (Lipinski definition) is 1. The number of methoxy groups -OCH3 is 1. The number of aliphatic hydroxyl groups excluding tert-OH is 1. The van der Waals surface area contributed by atoms with E-state index in [4.69, 9.17) is 9.84 Å². The lowest BCUT2D eigenvalue weighted by Crippen LogP contribution is -2.40. The fourth-order valence-corrected chi connectivity index (χ4v) is 3.11. The molecule has 0 bridgehead atoms. The summed E-state index contributed by atoms with van der Waals surface area (Å²) in [6, 6.07) is 0.218. The molecule has 2 aromatic heterocycles. The van der Waals surface area contributed by atoms with E-state index in [0.29, 0.717) is 19.4 Å². The fraction of sp³-hybridized carbons (Fsp3) is 0.471. The summed E-state index contributed by atoms with van der Waals surface area (Å²) in [6.45, 7) is 0.358. The number of hydrogen-bond acceptors (Lipinski definition) is 5. The van der Waals surface area contributed by atoms with Crippen LogP contribution in [0.5, 0.6) is 6.01 Å². The summed E-state index contributed by atoms with van der Waals surface area (Å²) in [5, 5.41) is 9.02. The van der Waals surface area contributed by atoms with Gasteiger partial charge in [0.2, 0.25) is 0 Å². The van der Waals surface area contributed by atoms with Crippen molar-refractivity contribution in [1.29, 1.82) is 0 Å². The predicted octanol–water partition coefficient (Wildman–Crippen LogP) is 0.717. The molecule has 1 aliphatic carbocycles. The molecule has 0 saturated heterocycles. The molecule has 1 N–H and O–H groups in total. The number of nitrogens with zero attached hydrogens (tertiary/aromatic N) is 4. The molecule has 8 nitrogen and oxygen atoms in total. The number of aliphatic hydroxyl groups is 1. The first-order valence-corrected chi connectivity index (χ1v) is 8.36. The van der Waals surface area contributed by atoms with Gasteiger partial charge in [0, 0.05) is 26.7 Å². The molecule has 0 aliphatic heterocycles. The van der Waals surface area contributed by atoms with Crippen LogP contribution in [0, 0.1) is 5.92 Å². The lowest BCUT2D eigenvalue weighted by atomic mass is 10.0. The van der Waals surface area contributed by atoms with Gasteiger partial charge >= 0.3 is 5.69 Å². The summed E-state index contributed by atoms with van der Waals surface area (Å²) in [4.78, 5) is 29.6. The van der Waals surface area contributed by atoms with Crippen LogP contribution in [0.25, 0.3) is 11.2 Å². The molecule has 9 heteroatoms. The van der Waals surface area contributed by atoms with E-state index in [1.165, 1.54) is 30.9 Å². The molecular formula is C17H21FN4O4. The summed E-state index contributed by atoms with van der Waals surface area (Å²) >= 11 is 0. The maximum atomic E-state index is 13.2. The van der Waals surface area contributed by atoms with Crippen LogP contribution >= 0.6 is 0 Å². The van der Waals surface area contributed by atoms with Gasteiger partial charge in [-0.1, -0.05) is 6.08 Å². The minimum absolute atomic E-state index is 0.0247. The molecule has 0 saturated carbocycles. The van der Waals surface area contributed by atoms with Gasteiger partial charge in [-0.25, -0.2) is 9.18 Å². The number of imidazole rings is 1. The summed E-state index contributed by atoms with van der Waals surface area (Å²) in [5.41, 5.74) is -0.483. The summed E-state index contributed by atoms with van der Waals surface area (Å²) in [5.74, 6) is -0.305. The monoisotopic (exact) mass is 364 g/mol. The van der Waals surface area contributed by atoms with Gasteiger partial charge in [0.15, 0.2) is 11.2 Å². The van der Waals surface area contributed by atoms with Gasteiger partial charge in [-0.3, -0.25) is 18.5 Å². The zero-order chi connectivity index (χ0) is 18.8. The molecule has 0 radical (unpaired) electrons. The van der Waals surface area contributed by atoms with Crippen LogP contribution in [-0.2, 0) is 20.1 Å². The first kappa shape index (κ1) is 18.1. The van der Waals surface area contributed by atoms with Gasteiger partial charge in [-0.2, -0.15) is 4.98 Å². The Labute approximate surface area is 148 Å². The van der Waals surface area contributed by atoms with E-state index in [0.717, 1.165) is 4.57 Å². The van der Waals surface area contributed by atoms with Crippen molar-refractivity contribution < 1.29 is 14.2 Å². The molecule has 26 heavy (non-hydrogen) atoms. The number of allylic oxidation sites excluding steroid dienone is 4. The van der Waals surface area contributed by atoms with Gasteiger partial charge < -0.3 is 9.84 Å². The standard InChI is InChI=1S/C17H21FN4O4/c1-20-14-13(15(24)21(17(20)25)8-3-9-23)22(16(19-14)26-2)10-11-4-6-12(18)7-5-11/h4,6-7,11,23H,3,5,8-10H2,1-2H3. The van der Waals surface area contributed by atoms with Crippen LogP contribution in [0.15, 0.2) is 33.6 Å². The average Bonchev–Trinajstić information content (AvgIpc) is 3.00. The van der Waals surface area contributed by atoms with Crippen molar-refractivity contribution in [1.82, 2.24) is 18.7 Å². The Bertz CT molecular complexity index is 999. The number of halogens is 1. The third-order valence-electron chi connectivity index (χ3n) is 4.48. The highest BCUT2D eigenvalue weighted by atomic mass is 19.1. The third-order valence-corrected chi connectivity index (χ3v) is 4.48. The molecule has 3 rings (SSSR count). The van der Waals surface area contributed by atoms with Crippen molar-refractivity contribution in [3.8, 4) is 6.01 Å². The average molecular weight is 364 g/mol. The topological polar surface area (TPSA) is 91.3 Å². The minimum atomic E-state index is -0.495. The summed E-state index contributed by atoms with van der Waals surface area (Å²) < 4.78 is 22.5.